The van der Waals surface area contributed by atoms with Crippen molar-refractivity contribution in [1.82, 2.24) is 5.32 Å². The summed E-state index contributed by atoms with van der Waals surface area (Å²) in [7, 11) is 3.35. The lowest BCUT2D eigenvalue weighted by atomic mass is 9.47. The minimum Gasteiger partial charge on any atom is -0.497 e. The normalized spacial score (nSPS) is 31.3. The molecule has 4 fully saturated rings. The van der Waals surface area contributed by atoms with Crippen LogP contribution < -0.4 is 20.1 Å². The molecule has 0 heterocycles. The van der Waals surface area contributed by atoms with Crippen molar-refractivity contribution in [2.24, 2.45) is 23.2 Å². The summed E-state index contributed by atoms with van der Waals surface area (Å²) in [5.74, 6) is 4.41. The van der Waals surface area contributed by atoms with Crippen molar-refractivity contribution >= 4 is 23.0 Å². The largest absolute Gasteiger partial charge is 0.497 e. The first-order chi connectivity index (χ1) is 13.5. The number of hydrogen-bond donors (Lipinski definition) is 2. The summed E-state index contributed by atoms with van der Waals surface area (Å²) in [5, 5.41) is 7.80. The third kappa shape index (κ3) is 3.83. The first kappa shape index (κ1) is 19.8. The number of thiocarbonyl (C=S) groups is 1. The molecule has 4 nitrogen and oxygen atoms in total. The maximum Gasteiger partial charge on any atom is 0.171 e. The van der Waals surface area contributed by atoms with Crippen molar-refractivity contribution in [3.05, 3.63) is 18.2 Å². The van der Waals surface area contributed by atoms with E-state index in [0.29, 0.717) is 16.6 Å². The van der Waals surface area contributed by atoms with Crippen LogP contribution in [-0.2, 0) is 0 Å². The van der Waals surface area contributed by atoms with Crippen molar-refractivity contribution in [3.63, 3.8) is 0 Å². The maximum atomic E-state index is 5.75. The second kappa shape index (κ2) is 8.10. The van der Waals surface area contributed by atoms with Gasteiger partial charge in [-0.3, -0.25) is 0 Å². The number of hydrogen-bond acceptors (Lipinski definition) is 3. The van der Waals surface area contributed by atoms with Crippen LogP contribution >= 0.6 is 12.2 Å². The molecule has 0 radical (unpaired) electrons. The molecule has 1 unspecified atom stereocenters. The van der Waals surface area contributed by atoms with Crippen LogP contribution in [-0.4, -0.2) is 25.4 Å². The number of nitrogens with one attached hydrogen (secondary N) is 2. The Morgan fingerprint density at radius 2 is 1.75 bits per heavy atom. The van der Waals surface area contributed by atoms with Gasteiger partial charge in [0.1, 0.15) is 11.5 Å². The molecule has 28 heavy (non-hydrogen) atoms. The van der Waals surface area contributed by atoms with E-state index in [1.807, 2.05) is 18.2 Å². The molecule has 2 N–H and O–H groups in total. The third-order valence-electron chi connectivity index (χ3n) is 7.36. The number of methoxy groups -OCH3 is 2. The average molecular weight is 403 g/mol. The summed E-state index contributed by atoms with van der Waals surface area (Å²) in [6.45, 7) is 2.29. The average Bonchev–Trinajstić information content (AvgIpc) is 2.66. The third-order valence-corrected chi connectivity index (χ3v) is 7.58. The maximum absolute atomic E-state index is 5.75. The van der Waals surface area contributed by atoms with Gasteiger partial charge in [0.15, 0.2) is 5.11 Å². The van der Waals surface area contributed by atoms with E-state index in [1.165, 1.54) is 51.4 Å². The number of rotatable bonds is 7. The van der Waals surface area contributed by atoms with Gasteiger partial charge in [0.05, 0.1) is 19.9 Å². The summed E-state index contributed by atoms with van der Waals surface area (Å²) < 4.78 is 10.9. The zero-order valence-corrected chi connectivity index (χ0v) is 18.2. The molecule has 1 atom stereocenters. The number of benzene rings is 1. The minimum atomic E-state index is 0.439. The highest BCUT2D eigenvalue weighted by atomic mass is 32.1. The fraction of sp³-hybridized carbons (Fsp3) is 0.696. The van der Waals surface area contributed by atoms with Crippen LogP contribution in [0.15, 0.2) is 18.2 Å². The summed E-state index contributed by atoms with van der Waals surface area (Å²) in [5.41, 5.74) is 1.29. The smallest absolute Gasteiger partial charge is 0.171 e. The van der Waals surface area contributed by atoms with Gasteiger partial charge in [-0.2, -0.15) is 0 Å². The van der Waals surface area contributed by atoms with Crippen molar-refractivity contribution in [1.29, 1.82) is 0 Å². The van der Waals surface area contributed by atoms with E-state index < -0.39 is 0 Å². The van der Waals surface area contributed by atoms with Gasteiger partial charge in [-0.25, -0.2) is 0 Å². The lowest BCUT2D eigenvalue weighted by Crippen LogP contribution is -2.57. The van der Waals surface area contributed by atoms with Crippen LogP contribution in [0.3, 0.4) is 0 Å². The molecule has 0 saturated heterocycles. The molecular formula is C23H34N2O2S. The van der Waals surface area contributed by atoms with Crippen LogP contribution in [0.1, 0.15) is 58.3 Å². The Hall–Kier alpha value is -1.49. The molecule has 5 heteroatoms. The second-order valence-electron chi connectivity index (χ2n) is 9.29. The quantitative estimate of drug-likeness (QED) is 0.600. The minimum absolute atomic E-state index is 0.439. The molecule has 1 aromatic carbocycles. The van der Waals surface area contributed by atoms with Crippen LogP contribution in [0.4, 0.5) is 5.69 Å². The lowest BCUT2D eigenvalue weighted by Gasteiger charge is -2.59. The summed E-state index contributed by atoms with van der Waals surface area (Å²) in [6.07, 6.45) is 11.0. The molecule has 4 bridgehead atoms. The first-order valence-electron chi connectivity index (χ1n) is 10.8. The molecule has 1 aromatic rings. The molecule has 154 valence electrons. The van der Waals surface area contributed by atoms with Gasteiger partial charge in [-0.05, 0) is 92.5 Å². The molecule has 0 aromatic heterocycles. The Bertz CT molecular complexity index is 685. The SMILES string of the molecule is CCCC(NC(=S)Nc1cc(OC)ccc1OC)C12CC3CC(CC(C3)C1)C2. The molecular weight excluding hydrogens is 368 g/mol. The zero-order chi connectivity index (χ0) is 19.7. The molecule has 4 aliphatic rings. The van der Waals surface area contributed by atoms with Gasteiger partial charge in [-0.1, -0.05) is 13.3 Å². The summed E-state index contributed by atoms with van der Waals surface area (Å²) >= 11 is 5.75. The Balaban J connectivity index is 1.49. The number of anilines is 1. The summed E-state index contributed by atoms with van der Waals surface area (Å²) in [6, 6.07) is 6.21. The topological polar surface area (TPSA) is 42.5 Å². The second-order valence-corrected chi connectivity index (χ2v) is 9.69. The van der Waals surface area contributed by atoms with Gasteiger partial charge in [0.2, 0.25) is 0 Å². The highest BCUT2D eigenvalue weighted by Crippen LogP contribution is 2.61. The standard InChI is InChI=1S/C23H34N2O2S/c1-4-5-21(23-12-15-8-16(13-23)10-17(9-15)14-23)25-22(28)24-19-11-18(26-2)6-7-20(19)27-3/h6-7,11,15-17,21H,4-5,8-10,12-14H2,1-3H3,(H2,24,25,28). The van der Waals surface area contributed by atoms with E-state index in [0.717, 1.165) is 34.9 Å². The van der Waals surface area contributed by atoms with Crippen LogP contribution in [0.2, 0.25) is 0 Å². The van der Waals surface area contributed by atoms with Crippen molar-refractivity contribution in [2.75, 3.05) is 19.5 Å². The molecule has 0 amide bonds. The highest BCUT2D eigenvalue weighted by molar-refractivity contribution is 7.80. The van der Waals surface area contributed by atoms with Gasteiger partial charge in [0.25, 0.3) is 0 Å². The van der Waals surface area contributed by atoms with Crippen LogP contribution in [0.25, 0.3) is 0 Å². The van der Waals surface area contributed by atoms with Crippen molar-refractivity contribution in [3.8, 4) is 11.5 Å². The monoisotopic (exact) mass is 402 g/mol. The molecule has 0 spiro atoms. The van der Waals surface area contributed by atoms with E-state index in [1.54, 1.807) is 14.2 Å². The Labute approximate surface area is 174 Å². The predicted octanol–water partition coefficient (Wildman–Crippen LogP) is 5.38. The predicted molar refractivity (Wildman–Crippen MR) is 118 cm³/mol. The summed E-state index contributed by atoms with van der Waals surface area (Å²) in [4.78, 5) is 0. The highest BCUT2D eigenvalue weighted by Gasteiger charge is 2.54. The van der Waals surface area contributed by atoms with E-state index in [4.69, 9.17) is 21.7 Å². The lowest BCUT2D eigenvalue weighted by molar-refractivity contribution is -0.0718. The van der Waals surface area contributed by atoms with Crippen LogP contribution in [0, 0.1) is 23.2 Å². The van der Waals surface area contributed by atoms with Gasteiger partial charge >= 0.3 is 0 Å². The zero-order valence-electron chi connectivity index (χ0n) is 17.4. The van der Waals surface area contributed by atoms with E-state index in [9.17, 15) is 0 Å². The van der Waals surface area contributed by atoms with Crippen LogP contribution in [0.5, 0.6) is 11.5 Å². The van der Waals surface area contributed by atoms with E-state index in [-0.39, 0.29) is 0 Å². The molecule has 5 rings (SSSR count). The fourth-order valence-electron chi connectivity index (χ4n) is 6.65. The number of ether oxygens (including phenoxy) is 2. The van der Waals surface area contributed by atoms with E-state index >= 15 is 0 Å². The van der Waals surface area contributed by atoms with Gasteiger partial charge in [0, 0.05) is 12.1 Å². The fourth-order valence-corrected chi connectivity index (χ4v) is 6.91. The van der Waals surface area contributed by atoms with Gasteiger partial charge < -0.3 is 20.1 Å². The Kier molecular flexibility index (Phi) is 5.73. The Morgan fingerprint density at radius 3 is 2.29 bits per heavy atom. The van der Waals surface area contributed by atoms with Gasteiger partial charge in [-0.15, -0.1) is 0 Å². The Morgan fingerprint density at radius 1 is 1.11 bits per heavy atom. The molecule has 0 aliphatic heterocycles. The molecule has 4 aliphatic carbocycles. The molecule has 4 saturated carbocycles. The van der Waals surface area contributed by atoms with E-state index in [2.05, 4.69) is 17.6 Å². The van der Waals surface area contributed by atoms with Crippen molar-refractivity contribution < 1.29 is 9.47 Å². The first-order valence-corrected chi connectivity index (χ1v) is 11.3. The van der Waals surface area contributed by atoms with Crippen molar-refractivity contribution in [2.45, 2.75) is 64.3 Å².